The third kappa shape index (κ3) is 4.62. The van der Waals surface area contributed by atoms with Gasteiger partial charge in [0.15, 0.2) is 0 Å². The molecule has 0 unspecified atom stereocenters. The van der Waals surface area contributed by atoms with Crippen molar-refractivity contribution in [3.05, 3.63) is 53.6 Å². The van der Waals surface area contributed by atoms with E-state index >= 15 is 0 Å². The van der Waals surface area contributed by atoms with Crippen molar-refractivity contribution in [3.8, 4) is 5.75 Å². The molecule has 0 saturated carbocycles. The van der Waals surface area contributed by atoms with Crippen LogP contribution in [0, 0.1) is 6.92 Å². The summed E-state index contributed by atoms with van der Waals surface area (Å²) in [6.45, 7) is 7.53. The Morgan fingerprint density at radius 2 is 2.06 bits per heavy atom. The number of nitrogens with one attached hydrogen (secondary N) is 1. The number of aromatic nitrogens is 3. The Labute approximate surface area is 182 Å². The molecule has 1 N–H and O–H groups in total. The van der Waals surface area contributed by atoms with E-state index in [0.717, 1.165) is 85.8 Å². The standard InChI is InChI=1S/C24H29N5O2/c1-17-11-18(4-5-23(17)31-19-3-2-10-30-15-19)12-21-20-13-24(29-8-6-25-7-9-29)26-14-22(20)28-16-27-21/h4-5,11,13-14,16,19,25H,2-3,6-10,12,15H2,1H3/t19-/m1/s1. The zero-order valence-corrected chi connectivity index (χ0v) is 18.0. The fraction of sp³-hybridized carbons (Fsp3) is 0.458. The fourth-order valence-electron chi connectivity index (χ4n) is 4.34. The highest BCUT2D eigenvalue weighted by Crippen LogP contribution is 2.26. The summed E-state index contributed by atoms with van der Waals surface area (Å²) in [5, 5.41) is 4.46. The molecule has 1 aromatic carbocycles. The summed E-state index contributed by atoms with van der Waals surface area (Å²) in [4.78, 5) is 16.0. The molecule has 2 fully saturated rings. The highest BCUT2D eigenvalue weighted by atomic mass is 16.5. The molecule has 2 saturated heterocycles. The molecular formula is C24H29N5O2. The normalized spacial score (nSPS) is 19.5. The van der Waals surface area contributed by atoms with Crippen LogP contribution in [-0.4, -0.2) is 60.4 Å². The summed E-state index contributed by atoms with van der Waals surface area (Å²) >= 11 is 0. The summed E-state index contributed by atoms with van der Waals surface area (Å²) in [5.41, 5.74) is 4.27. The van der Waals surface area contributed by atoms with Gasteiger partial charge in [0.25, 0.3) is 0 Å². The minimum atomic E-state index is 0.153. The summed E-state index contributed by atoms with van der Waals surface area (Å²) < 4.78 is 11.7. The zero-order valence-electron chi connectivity index (χ0n) is 18.0. The average molecular weight is 420 g/mol. The smallest absolute Gasteiger partial charge is 0.129 e. The van der Waals surface area contributed by atoms with E-state index in [4.69, 9.17) is 9.47 Å². The predicted molar refractivity (Wildman–Crippen MR) is 121 cm³/mol. The van der Waals surface area contributed by atoms with Crippen molar-refractivity contribution in [2.24, 2.45) is 0 Å². The van der Waals surface area contributed by atoms with E-state index < -0.39 is 0 Å². The Bertz CT molecular complexity index is 1050. The predicted octanol–water partition coefficient (Wildman–Crippen LogP) is 2.89. The van der Waals surface area contributed by atoms with Gasteiger partial charge in [-0.2, -0.15) is 0 Å². The summed E-state index contributed by atoms with van der Waals surface area (Å²) in [7, 11) is 0. The van der Waals surface area contributed by atoms with Gasteiger partial charge in [-0.05, 0) is 43.0 Å². The number of benzene rings is 1. The van der Waals surface area contributed by atoms with Crippen LogP contribution in [0.5, 0.6) is 5.75 Å². The molecule has 31 heavy (non-hydrogen) atoms. The molecule has 7 nitrogen and oxygen atoms in total. The van der Waals surface area contributed by atoms with Gasteiger partial charge in [-0.15, -0.1) is 0 Å². The average Bonchev–Trinajstić information content (AvgIpc) is 2.82. The van der Waals surface area contributed by atoms with Gasteiger partial charge in [0.2, 0.25) is 0 Å². The van der Waals surface area contributed by atoms with Crippen LogP contribution in [0.15, 0.2) is 36.8 Å². The van der Waals surface area contributed by atoms with E-state index in [-0.39, 0.29) is 6.10 Å². The molecule has 2 aliphatic rings. The molecule has 0 radical (unpaired) electrons. The van der Waals surface area contributed by atoms with E-state index in [0.29, 0.717) is 6.61 Å². The first-order chi connectivity index (χ1) is 15.3. The fourth-order valence-corrected chi connectivity index (χ4v) is 4.34. The molecule has 3 aromatic rings. The highest BCUT2D eigenvalue weighted by Gasteiger charge is 2.17. The first-order valence-electron chi connectivity index (χ1n) is 11.2. The second kappa shape index (κ2) is 9.16. The molecule has 4 heterocycles. The van der Waals surface area contributed by atoms with E-state index in [1.165, 1.54) is 5.56 Å². The van der Waals surface area contributed by atoms with Gasteiger partial charge in [0.1, 0.15) is 24.0 Å². The number of nitrogens with zero attached hydrogens (tertiary/aromatic N) is 4. The Hall–Kier alpha value is -2.77. The molecule has 162 valence electrons. The van der Waals surface area contributed by atoms with Crippen LogP contribution in [0.1, 0.15) is 29.7 Å². The van der Waals surface area contributed by atoms with Gasteiger partial charge in [-0.1, -0.05) is 12.1 Å². The Kier molecular flexibility index (Phi) is 5.95. The molecule has 1 atom stereocenters. The van der Waals surface area contributed by atoms with Crippen molar-refractivity contribution >= 4 is 16.7 Å². The first-order valence-corrected chi connectivity index (χ1v) is 11.2. The maximum absolute atomic E-state index is 6.17. The molecular weight excluding hydrogens is 390 g/mol. The molecule has 7 heteroatoms. The van der Waals surface area contributed by atoms with E-state index in [2.05, 4.69) is 56.4 Å². The highest BCUT2D eigenvalue weighted by molar-refractivity contribution is 5.83. The van der Waals surface area contributed by atoms with Crippen molar-refractivity contribution in [3.63, 3.8) is 0 Å². The maximum Gasteiger partial charge on any atom is 0.129 e. The molecule has 2 aliphatic heterocycles. The second-order valence-corrected chi connectivity index (χ2v) is 8.35. The Morgan fingerprint density at radius 3 is 2.87 bits per heavy atom. The summed E-state index contributed by atoms with van der Waals surface area (Å²) in [5.74, 6) is 1.94. The number of aryl methyl sites for hydroxylation is 1. The van der Waals surface area contributed by atoms with E-state index in [1.54, 1.807) is 6.33 Å². The monoisotopic (exact) mass is 419 g/mol. The lowest BCUT2D eigenvalue weighted by molar-refractivity contribution is 0.00715. The van der Waals surface area contributed by atoms with Gasteiger partial charge in [0, 0.05) is 44.6 Å². The number of ether oxygens (including phenoxy) is 2. The third-order valence-electron chi connectivity index (χ3n) is 6.05. The van der Waals surface area contributed by atoms with Crippen LogP contribution in [0.3, 0.4) is 0 Å². The zero-order chi connectivity index (χ0) is 21.0. The lowest BCUT2D eigenvalue weighted by Gasteiger charge is -2.28. The lowest BCUT2D eigenvalue weighted by Crippen LogP contribution is -2.43. The number of fused-ring (bicyclic) bond motifs is 1. The lowest BCUT2D eigenvalue weighted by atomic mass is 10.0. The van der Waals surface area contributed by atoms with Gasteiger partial charge in [-0.25, -0.2) is 15.0 Å². The van der Waals surface area contributed by atoms with Crippen LogP contribution in [0.2, 0.25) is 0 Å². The first kappa shape index (κ1) is 20.2. The molecule has 0 spiro atoms. The van der Waals surface area contributed by atoms with Crippen molar-refractivity contribution in [2.75, 3.05) is 44.3 Å². The molecule has 0 aliphatic carbocycles. The van der Waals surface area contributed by atoms with Gasteiger partial charge < -0.3 is 19.7 Å². The van der Waals surface area contributed by atoms with Crippen molar-refractivity contribution in [2.45, 2.75) is 32.3 Å². The van der Waals surface area contributed by atoms with E-state index in [9.17, 15) is 0 Å². The molecule has 2 aromatic heterocycles. The topological polar surface area (TPSA) is 72.4 Å². The van der Waals surface area contributed by atoms with Crippen LogP contribution >= 0.6 is 0 Å². The van der Waals surface area contributed by atoms with Crippen LogP contribution in [0.25, 0.3) is 10.9 Å². The molecule has 0 bridgehead atoms. The van der Waals surface area contributed by atoms with Crippen LogP contribution in [0.4, 0.5) is 5.82 Å². The number of hydrogen-bond acceptors (Lipinski definition) is 7. The largest absolute Gasteiger partial charge is 0.488 e. The van der Waals surface area contributed by atoms with Crippen molar-refractivity contribution in [1.29, 1.82) is 0 Å². The van der Waals surface area contributed by atoms with Gasteiger partial charge in [0.05, 0.1) is 24.0 Å². The van der Waals surface area contributed by atoms with Crippen LogP contribution in [-0.2, 0) is 11.2 Å². The number of anilines is 1. The number of piperazine rings is 1. The quantitative estimate of drug-likeness (QED) is 0.682. The van der Waals surface area contributed by atoms with Gasteiger partial charge >= 0.3 is 0 Å². The second-order valence-electron chi connectivity index (χ2n) is 8.35. The maximum atomic E-state index is 6.17. The van der Waals surface area contributed by atoms with Gasteiger partial charge in [-0.3, -0.25) is 0 Å². The van der Waals surface area contributed by atoms with E-state index in [1.807, 2.05) is 6.20 Å². The third-order valence-corrected chi connectivity index (χ3v) is 6.05. The SMILES string of the molecule is Cc1cc(Cc2ncnc3cnc(N4CCNCC4)cc23)ccc1O[C@@H]1CCCOC1. The van der Waals surface area contributed by atoms with Crippen molar-refractivity contribution < 1.29 is 9.47 Å². The Morgan fingerprint density at radius 1 is 1.16 bits per heavy atom. The van der Waals surface area contributed by atoms with Crippen molar-refractivity contribution in [1.82, 2.24) is 20.3 Å². The van der Waals surface area contributed by atoms with Crippen LogP contribution < -0.4 is 15.0 Å². The summed E-state index contributed by atoms with van der Waals surface area (Å²) in [6.07, 6.45) is 6.52. The minimum Gasteiger partial charge on any atom is -0.488 e. The Balaban J connectivity index is 1.37. The minimum absolute atomic E-state index is 0.153. The number of hydrogen-bond donors (Lipinski definition) is 1. The summed E-state index contributed by atoms with van der Waals surface area (Å²) in [6, 6.07) is 8.56. The number of pyridine rings is 1. The molecule has 0 amide bonds. The molecule has 5 rings (SSSR count). The number of rotatable bonds is 5.